The summed E-state index contributed by atoms with van der Waals surface area (Å²) >= 11 is 1.59. The molecule has 2 N–H and O–H groups in total. The lowest BCUT2D eigenvalue weighted by Gasteiger charge is -2.24. The number of hydrogen-bond donors (Lipinski definition) is 2. The number of thiophene rings is 1. The van der Waals surface area contributed by atoms with Gasteiger partial charge in [0, 0.05) is 25.3 Å². The second-order valence-corrected chi connectivity index (χ2v) is 9.22. The van der Waals surface area contributed by atoms with Crippen LogP contribution in [-0.4, -0.2) is 28.6 Å². The Morgan fingerprint density at radius 1 is 1.24 bits per heavy atom. The zero-order chi connectivity index (χ0) is 23.2. The summed E-state index contributed by atoms with van der Waals surface area (Å²) in [7, 11) is 0. The maximum absolute atomic E-state index is 12.3. The van der Waals surface area contributed by atoms with Gasteiger partial charge in [0.2, 0.25) is 11.8 Å². The molecule has 1 amide bonds. The van der Waals surface area contributed by atoms with Crippen LogP contribution >= 0.6 is 11.3 Å². The van der Waals surface area contributed by atoms with E-state index in [1.807, 2.05) is 42.6 Å². The molecule has 0 unspecified atom stereocenters. The zero-order valence-corrected chi connectivity index (χ0v) is 19.5. The second kappa shape index (κ2) is 10.7. The van der Waals surface area contributed by atoms with Gasteiger partial charge in [-0.05, 0) is 60.9 Å². The summed E-state index contributed by atoms with van der Waals surface area (Å²) in [5.41, 5.74) is 2.66. The Morgan fingerprint density at radius 2 is 2.09 bits per heavy atom. The van der Waals surface area contributed by atoms with E-state index in [2.05, 4.69) is 10.3 Å². The maximum Gasteiger partial charge on any atom is 0.303 e. The highest BCUT2D eigenvalue weighted by molar-refractivity contribution is 7.13. The van der Waals surface area contributed by atoms with Crippen LogP contribution in [0.3, 0.4) is 0 Å². The third-order valence-electron chi connectivity index (χ3n) is 5.95. The number of aliphatic carboxylic acids is 1. The van der Waals surface area contributed by atoms with Crippen molar-refractivity contribution in [1.29, 1.82) is 0 Å². The standard InChI is InChI=1S/C25H28N2O5S/c1-16-21(27-25(32-16)22-6-3-13-33-22)11-12-31-20-9-7-17(8-10-23(28)29)19(14-20)15-26-24(30)18-4-2-5-18/h3,6-7,9,13-14,18H,2,4-5,8,10-12,15H2,1H3,(H,26,30)(H,28,29). The number of amides is 1. The first-order valence-electron chi connectivity index (χ1n) is 11.2. The minimum Gasteiger partial charge on any atom is -0.493 e. The number of hydrogen-bond acceptors (Lipinski definition) is 6. The number of carboxylic acids is 1. The SMILES string of the molecule is Cc1oc(-c2cccs2)nc1CCOc1ccc(CCC(=O)O)c(CNC(=O)C2CCC2)c1. The minimum atomic E-state index is -0.843. The summed E-state index contributed by atoms with van der Waals surface area (Å²) in [4.78, 5) is 28.9. The highest BCUT2D eigenvalue weighted by atomic mass is 32.1. The molecule has 2 aromatic heterocycles. The van der Waals surface area contributed by atoms with Crippen molar-refractivity contribution in [2.45, 2.75) is 52.0 Å². The summed E-state index contributed by atoms with van der Waals surface area (Å²) in [6, 6.07) is 9.58. The lowest BCUT2D eigenvalue weighted by Crippen LogP contribution is -2.34. The minimum absolute atomic E-state index is 0.0434. The molecular formula is C25H28N2O5S. The molecule has 1 aliphatic rings. The summed E-state index contributed by atoms with van der Waals surface area (Å²) in [5, 5.41) is 14.0. The Bertz CT molecular complexity index is 1100. The fraction of sp³-hybridized carbons (Fsp3) is 0.400. The normalized spacial score (nSPS) is 13.5. The summed E-state index contributed by atoms with van der Waals surface area (Å²) in [5.74, 6) is 1.43. The van der Waals surface area contributed by atoms with E-state index in [1.54, 1.807) is 11.3 Å². The molecule has 3 aromatic rings. The molecule has 2 heterocycles. The number of rotatable bonds is 11. The number of aryl methyl sites for hydroxylation is 2. The Hall–Kier alpha value is -3.13. The van der Waals surface area contributed by atoms with Crippen molar-refractivity contribution in [1.82, 2.24) is 10.3 Å². The van der Waals surface area contributed by atoms with Crippen molar-refractivity contribution in [3.63, 3.8) is 0 Å². The van der Waals surface area contributed by atoms with E-state index in [0.29, 0.717) is 37.6 Å². The molecule has 33 heavy (non-hydrogen) atoms. The Kier molecular flexibility index (Phi) is 7.44. The first kappa shape index (κ1) is 23.0. The highest BCUT2D eigenvalue weighted by Gasteiger charge is 2.25. The fourth-order valence-electron chi connectivity index (χ4n) is 3.77. The Morgan fingerprint density at radius 3 is 2.79 bits per heavy atom. The second-order valence-electron chi connectivity index (χ2n) is 8.27. The molecule has 0 atom stereocenters. The van der Waals surface area contributed by atoms with E-state index < -0.39 is 5.97 Å². The van der Waals surface area contributed by atoms with Crippen LogP contribution < -0.4 is 10.1 Å². The van der Waals surface area contributed by atoms with Crippen molar-refractivity contribution in [2.24, 2.45) is 5.92 Å². The molecule has 1 aromatic carbocycles. The van der Waals surface area contributed by atoms with Gasteiger partial charge in [0.15, 0.2) is 0 Å². The summed E-state index contributed by atoms with van der Waals surface area (Å²) in [6.45, 7) is 2.70. The van der Waals surface area contributed by atoms with Crippen LogP contribution in [0.2, 0.25) is 0 Å². The van der Waals surface area contributed by atoms with Gasteiger partial charge >= 0.3 is 5.97 Å². The topological polar surface area (TPSA) is 102 Å². The van der Waals surface area contributed by atoms with Crippen molar-refractivity contribution in [3.05, 3.63) is 58.3 Å². The van der Waals surface area contributed by atoms with E-state index in [9.17, 15) is 9.59 Å². The number of oxazole rings is 1. The Balaban J connectivity index is 1.38. The third-order valence-corrected chi connectivity index (χ3v) is 6.81. The van der Waals surface area contributed by atoms with Crippen molar-refractivity contribution in [2.75, 3.05) is 6.61 Å². The van der Waals surface area contributed by atoms with Crippen molar-refractivity contribution >= 4 is 23.2 Å². The van der Waals surface area contributed by atoms with Gasteiger partial charge in [-0.2, -0.15) is 0 Å². The van der Waals surface area contributed by atoms with Crippen LogP contribution in [0, 0.1) is 12.8 Å². The van der Waals surface area contributed by atoms with E-state index in [4.69, 9.17) is 14.3 Å². The summed E-state index contributed by atoms with van der Waals surface area (Å²) in [6.07, 6.45) is 4.04. The summed E-state index contributed by atoms with van der Waals surface area (Å²) < 4.78 is 11.8. The van der Waals surface area contributed by atoms with Crippen LogP contribution in [0.25, 0.3) is 10.8 Å². The van der Waals surface area contributed by atoms with Gasteiger partial charge in [-0.3, -0.25) is 9.59 Å². The van der Waals surface area contributed by atoms with E-state index in [0.717, 1.165) is 46.7 Å². The van der Waals surface area contributed by atoms with E-state index >= 15 is 0 Å². The van der Waals surface area contributed by atoms with Gasteiger partial charge in [-0.1, -0.05) is 18.6 Å². The average molecular weight is 469 g/mol. The predicted molar refractivity (Wildman–Crippen MR) is 125 cm³/mol. The van der Waals surface area contributed by atoms with Crippen LogP contribution in [-0.2, 0) is 29.0 Å². The molecule has 0 aliphatic heterocycles. The van der Waals surface area contributed by atoms with Gasteiger partial charge < -0.3 is 19.6 Å². The monoisotopic (exact) mass is 468 g/mol. The molecule has 4 rings (SSSR count). The molecule has 7 nitrogen and oxygen atoms in total. The molecule has 0 saturated heterocycles. The van der Waals surface area contributed by atoms with Gasteiger partial charge in [0.25, 0.3) is 0 Å². The number of carbonyl (C=O) groups excluding carboxylic acids is 1. The lowest BCUT2D eigenvalue weighted by atomic mass is 9.85. The largest absolute Gasteiger partial charge is 0.493 e. The first-order chi connectivity index (χ1) is 16.0. The Labute approximate surface area is 196 Å². The van der Waals surface area contributed by atoms with Gasteiger partial charge in [-0.15, -0.1) is 11.3 Å². The van der Waals surface area contributed by atoms with E-state index in [-0.39, 0.29) is 18.2 Å². The van der Waals surface area contributed by atoms with Crippen molar-refractivity contribution < 1.29 is 23.8 Å². The molecule has 0 radical (unpaired) electrons. The molecule has 0 bridgehead atoms. The average Bonchev–Trinajstić information content (AvgIpc) is 3.40. The number of nitrogens with one attached hydrogen (secondary N) is 1. The number of carbonyl (C=O) groups is 2. The highest BCUT2D eigenvalue weighted by Crippen LogP contribution is 2.28. The van der Waals surface area contributed by atoms with Crippen LogP contribution in [0.1, 0.15) is 48.3 Å². The lowest BCUT2D eigenvalue weighted by molar-refractivity contribution is -0.137. The van der Waals surface area contributed by atoms with Gasteiger partial charge in [0.1, 0.15) is 11.5 Å². The molecule has 1 aliphatic carbocycles. The number of aromatic nitrogens is 1. The van der Waals surface area contributed by atoms with E-state index in [1.165, 1.54) is 0 Å². The number of nitrogens with zero attached hydrogens (tertiary/aromatic N) is 1. The van der Waals surface area contributed by atoms with Gasteiger partial charge in [-0.25, -0.2) is 4.98 Å². The van der Waals surface area contributed by atoms with Crippen LogP contribution in [0.15, 0.2) is 40.1 Å². The molecule has 1 fully saturated rings. The number of ether oxygens (including phenoxy) is 1. The smallest absolute Gasteiger partial charge is 0.303 e. The molecule has 0 spiro atoms. The first-order valence-corrected chi connectivity index (χ1v) is 12.1. The number of benzene rings is 1. The van der Waals surface area contributed by atoms with Crippen LogP contribution in [0.5, 0.6) is 5.75 Å². The zero-order valence-electron chi connectivity index (χ0n) is 18.6. The van der Waals surface area contributed by atoms with Crippen molar-refractivity contribution in [3.8, 4) is 16.5 Å². The predicted octanol–water partition coefficient (Wildman–Crippen LogP) is 4.77. The molecule has 1 saturated carbocycles. The molecule has 8 heteroatoms. The third kappa shape index (κ3) is 6.01. The quantitative estimate of drug-likeness (QED) is 0.420. The van der Waals surface area contributed by atoms with Gasteiger partial charge in [0.05, 0.1) is 17.2 Å². The number of carboxylic acid groups (broad SMARTS) is 1. The fourth-order valence-corrected chi connectivity index (χ4v) is 4.42. The maximum atomic E-state index is 12.3. The molecule has 174 valence electrons. The molecular weight excluding hydrogens is 440 g/mol. The van der Waals surface area contributed by atoms with Crippen LogP contribution in [0.4, 0.5) is 0 Å².